The van der Waals surface area contributed by atoms with Gasteiger partial charge in [0, 0.05) is 12.4 Å². The summed E-state index contributed by atoms with van der Waals surface area (Å²) in [5.41, 5.74) is 1.30. The zero-order valence-electron chi connectivity index (χ0n) is 19.3. The molecule has 35 heavy (non-hydrogen) atoms. The second-order valence-electron chi connectivity index (χ2n) is 7.41. The van der Waals surface area contributed by atoms with Crippen molar-refractivity contribution < 1.29 is 27.4 Å². The number of hydrogen-bond donors (Lipinski definition) is 0. The van der Waals surface area contributed by atoms with Crippen molar-refractivity contribution in [3.8, 4) is 17.2 Å². The number of thiazole rings is 1. The van der Waals surface area contributed by atoms with Crippen LogP contribution in [0.2, 0.25) is 0 Å². The monoisotopic (exact) mass is 513 g/mol. The molecule has 0 fully saturated rings. The molecular weight excluding hydrogens is 490 g/mol. The molecule has 11 heteroatoms. The summed E-state index contributed by atoms with van der Waals surface area (Å²) >= 11 is 1.22. The summed E-state index contributed by atoms with van der Waals surface area (Å²) in [6, 6.07) is 12.9. The number of hydrogen-bond acceptors (Lipinski definition) is 9. The first kappa shape index (κ1) is 24.4. The van der Waals surface area contributed by atoms with E-state index in [1.165, 1.54) is 54.7 Å². The number of carbonyl (C=O) groups excluding carboxylic acids is 1. The first-order valence-electron chi connectivity index (χ1n) is 10.4. The Morgan fingerprint density at radius 2 is 1.57 bits per heavy atom. The van der Waals surface area contributed by atoms with E-state index in [1.54, 1.807) is 43.8 Å². The third-order valence-corrected chi connectivity index (χ3v) is 7.96. The number of carbonyl (C=O) groups is 1. The molecule has 0 spiro atoms. The summed E-state index contributed by atoms with van der Waals surface area (Å²) in [4.78, 5) is 23.5. The third kappa shape index (κ3) is 5.20. The van der Waals surface area contributed by atoms with Gasteiger partial charge in [0.15, 0.2) is 15.0 Å². The number of amides is 1. The molecule has 182 valence electrons. The predicted molar refractivity (Wildman–Crippen MR) is 133 cm³/mol. The average molecular weight is 514 g/mol. The van der Waals surface area contributed by atoms with Gasteiger partial charge in [0.25, 0.3) is 0 Å². The van der Waals surface area contributed by atoms with Crippen molar-refractivity contribution in [3.05, 3.63) is 66.5 Å². The molecule has 0 N–H and O–H groups in total. The van der Waals surface area contributed by atoms with E-state index in [1.807, 2.05) is 0 Å². The van der Waals surface area contributed by atoms with Crippen LogP contribution in [0.5, 0.6) is 17.2 Å². The summed E-state index contributed by atoms with van der Waals surface area (Å²) in [7, 11) is 0.648. The van der Waals surface area contributed by atoms with Gasteiger partial charge in [-0.3, -0.25) is 14.7 Å². The van der Waals surface area contributed by atoms with E-state index in [2.05, 4.69) is 9.97 Å². The van der Waals surface area contributed by atoms with E-state index in [0.29, 0.717) is 32.6 Å². The molecule has 0 unspecified atom stereocenters. The number of pyridine rings is 1. The van der Waals surface area contributed by atoms with Crippen LogP contribution < -0.4 is 19.1 Å². The Labute approximate surface area is 206 Å². The molecule has 9 nitrogen and oxygen atoms in total. The fourth-order valence-electron chi connectivity index (χ4n) is 3.43. The lowest BCUT2D eigenvalue weighted by molar-refractivity contribution is -0.116. The molecule has 0 aliphatic carbocycles. The van der Waals surface area contributed by atoms with Gasteiger partial charge in [0.1, 0.15) is 33.2 Å². The minimum atomic E-state index is -3.92. The van der Waals surface area contributed by atoms with Crippen molar-refractivity contribution >= 4 is 42.4 Å². The molecule has 0 atom stereocenters. The molecular formula is C24H23N3O6S2. The summed E-state index contributed by atoms with van der Waals surface area (Å²) in [5, 5.41) is 0.328. The highest BCUT2D eigenvalue weighted by atomic mass is 32.2. The van der Waals surface area contributed by atoms with E-state index in [0.717, 1.165) is 5.56 Å². The van der Waals surface area contributed by atoms with Gasteiger partial charge in [-0.15, -0.1) is 0 Å². The summed E-state index contributed by atoms with van der Waals surface area (Å²) < 4.78 is 42.8. The summed E-state index contributed by atoms with van der Waals surface area (Å²) in [6.45, 7) is 0.115. The van der Waals surface area contributed by atoms with Gasteiger partial charge in [-0.05, 0) is 54.1 Å². The molecule has 4 aromatic rings. The van der Waals surface area contributed by atoms with E-state index in [4.69, 9.17) is 14.2 Å². The lowest BCUT2D eigenvalue weighted by atomic mass is 10.2. The third-order valence-electron chi connectivity index (χ3n) is 5.25. The van der Waals surface area contributed by atoms with Gasteiger partial charge in [-0.2, -0.15) is 0 Å². The first-order chi connectivity index (χ1) is 16.9. The van der Waals surface area contributed by atoms with Crippen molar-refractivity contribution in [1.29, 1.82) is 0 Å². The van der Waals surface area contributed by atoms with Gasteiger partial charge >= 0.3 is 0 Å². The largest absolute Gasteiger partial charge is 0.497 e. The van der Waals surface area contributed by atoms with E-state index >= 15 is 0 Å². The normalized spacial score (nSPS) is 11.3. The average Bonchev–Trinajstić information content (AvgIpc) is 3.32. The second kappa shape index (κ2) is 10.3. The molecule has 0 radical (unpaired) electrons. The van der Waals surface area contributed by atoms with Crippen LogP contribution in [0.1, 0.15) is 5.56 Å². The Morgan fingerprint density at radius 1 is 0.914 bits per heavy atom. The fourth-order valence-corrected chi connectivity index (χ4v) is 5.72. The van der Waals surface area contributed by atoms with Crippen molar-refractivity contribution in [1.82, 2.24) is 9.97 Å². The van der Waals surface area contributed by atoms with Crippen LogP contribution in [0.25, 0.3) is 10.2 Å². The molecule has 2 aromatic carbocycles. The van der Waals surface area contributed by atoms with Crippen LogP contribution in [0.3, 0.4) is 0 Å². The molecule has 1 amide bonds. The lowest BCUT2D eigenvalue weighted by Gasteiger charge is -2.20. The van der Waals surface area contributed by atoms with Crippen LogP contribution in [-0.2, 0) is 21.2 Å². The zero-order chi connectivity index (χ0) is 25.0. The van der Waals surface area contributed by atoms with Crippen LogP contribution >= 0.6 is 11.3 Å². The Morgan fingerprint density at radius 3 is 2.20 bits per heavy atom. The van der Waals surface area contributed by atoms with E-state index < -0.39 is 21.5 Å². The summed E-state index contributed by atoms with van der Waals surface area (Å²) in [5.74, 6) is 0.271. The van der Waals surface area contributed by atoms with Gasteiger partial charge in [0.2, 0.25) is 5.91 Å². The van der Waals surface area contributed by atoms with Crippen LogP contribution in [0.4, 0.5) is 5.13 Å². The standard InChI is InChI=1S/C24H23N3O6S2/c1-31-17-4-6-18(7-5-17)35(29,30)15-21(28)27(14-16-10-12-25-13-11-16)24-26-22-19(32-2)8-9-20(33-3)23(22)34-24/h4-13H,14-15H2,1-3H3. The molecule has 0 aliphatic heterocycles. The second-order valence-corrected chi connectivity index (χ2v) is 10.4. The number of nitrogens with zero attached hydrogens (tertiary/aromatic N) is 3. The molecule has 4 rings (SSSR count). The number of anilines is 1. The number of benzene rings is 2. The number of rotatable bonds is 9. The van der Waals surface area contributed by atoms with Crippen molar-refractivity contribution in [3.63, 3.8) is 0 Å². The van der Waals surface area contributed by atoms with Crippen molar-refractivity contribution in [2.45, 2.75) is 11.4 Å². The number of methoxy groups -OCH3 is 3. The maximum atomic E-state index is 13.5. The van der Waals surface area contributed by atoms with Gasteiger partial charge in [0.05, 0.1) is 32.8 Å². The van der Waals surface area contributed by atoms with E-state index in [9.17, 15) is 13.2 Å². The van der Waals surface area contributed by atoms with Crippen molar-refractivity contribution in [2.24, 2.45) is 0 Å². The topological polar surface area (TPSA) is 108 Å². The Kier molecular flexibility index (Phi) is 7.17. The molecule has 0 saturated heterocycles. The molecule has 2 heterocycles. The highest BCUT2D eigenvalue weighted by Crippen LogP contribution is 2.40. The highest BCUT2D eigenvalue weighted by molar-refractivity contribution is 7.92. The maximum absolute atomic E-state index is 13.5. The van der Waals surface area contributed by atoms with Crippen LogP contribution in [0.15, 0.2) is 65.8 Å². The van der Waals surface area contributed by atoms with Crippen LogP contribution in [0, 0.1) is 0 Å². The van der Waals surface area contributed by atoms with E-state index in [-0.39, 0.29) is 11.4 Å². The number of sulfone groups is 1. The molecule has 2 aromatic heterocycles. The van der Waals surface area contributed by atoms with Gasteiger partial charge < -0.3 is 14.2 Å². The fraction of sp³-hybridized carbons (Fsp3) is 0.208. The Bertz CT molecular complexity index is 1400. The maximum Gasteiger partial charge on any atom is 0.244 e. The van der Waals surface area contributed by atoms with Crippen molar-refractivity contribution in [2.75, 3.05) is 32.0 Å². The highest BCUT2D eigenvalue weighted by Gasteiger charge is 2.28. The number of fused-ring (bicyclic) bond motifs is 1. The predicted octanol–water partition coefficient (Wildman–Crippen LogP) is 3.72. The van der Waals surface area contributed by atoms with Gasteiger partial charge in [-0.25, -0.2) is 13.4 Å². The Balaban J connectivity index is 1.73. The minimum absolute atomic E-state index is 0.0307. The van der Waals surface area contributed by atoms with Crippen LogP contribution in [-0.4, -0.2) is 51.4 Å². The number of aromatic nitrogens is 2. The van der Waals surface area contributed by atoms with Gasteiger partial charge in [-0.1, -0.05) is 11.3 Å². The SMILES string of the molecule is COc1ccc(S(=O)(=O)CC(=O)N(Cc2ccncc2)c2nc3c(OC)ccc(OC)c3s2)cc1. The molecule has 0 aliphatic rings. The smallest absolute Gasteiger partial charge is 0.244 e. The Hall–Kier alpha value is -3.70. The molecule has 0 saturated carbocycles. The first-order valence-corrected chi connectivity index (χ1v) is 12.9. The quantitative estimate of drug-likeness (QED) is 0.333. The minimum Gasteiger partial charge on any atom is -0.497 e. The summed E-state index contributed by atoms with van der Waals surface area (Å²) in [6.07, 6.45) is 3.22. The number of ether oxygens (including phenoxy) is 3. The molecule has 0 bridgehead atoms. The lowest BCUT2D eigenvalue weighted by Crippen LogP contribution is -2.35. The zero-order valence-corrected chi connectivity index (χ0v) is 20.9.